The fraction of sp³-hybridized carbons (Fsp3) is 0.545. The summed E-state index contributed by atoms with van der Waals surface area (Å²) in [6.07, 6.45) is 7.48. The van der Waals surface area contributed by atoms with Crippen LogP contribution in [0.1, 0.15) is 25.7 Å². The monoisotopic (exact) mass is 179 g/mol. The highest BCUT2D eigenvalue weighted by Gasteiger charge is 2.14. The summed E-state index contributed by atoms with van der Waals surface area (Å²) in [5.74, 6) is 0.269. The van der Waals surface area contributed by atoms with Gasteiger partial charge in [-0.1, -0.05) is 6.08 Å². The van der Waals surface area contributed by atoms with Crippen molar-refractivity contribution >= 4 is 5.78 Å². The van der Waals surface area contributed by atoms with Crippen LogP contribution in [0.5, 0.6) is 0 Å². The summed E-state index contributed by atoms with van der Waals surface area (Å²) in [6.45, 7) is 4.70. The van der Waals surface area contributed by atoms with E-state index in [2.05, 4.69) is 11.5 Å². The van der Waals surface area contributed by atoms with Crippen LogP contribution in [-0.4, -0.2) is 24.3 Å². The molecule has 0 aliphatic heterocycles. The molecule has 0 bridgehead atoms. The molecule has 1 aliphatic rings. The molecule has 0 unspecified atom stereocenters. The van der Waals surface area contributed by atoms with Crippen molar-refractivity contribution in [2.75, 3.05) is 13.6 Å². The molecule has 0 heterocycles. The van der Waals surface area contributed by atoms with Crippen molar-refractivity contribution in [1.29, 1.82) is 0 Å². The first-order valence-corrected chi connectivity index (χ1v) is 4.79. The molecule has 0 aromatic heterocycles. The number of unbranched alkanes of at least 4 members (excludes halogenated alkanes) is 1. The summed E-state index contributed by atoms with van der Waals surface area (Å²) in [5.41, 5.74) is 1.19. The molecule has 1 rings (SSSR count). The average molecular weight is 179 g/mol. The molecule has 0 saturated heterocycles. The molecule has 0 N–H and O–H groups in total. The zero-order valence-corrected chi connectivity index (χ0v) is 8.25. The van der Waals surface area contributed by atoms with Gasteiger partial charge in [-0.2, -0.15) is 0 Å². The van der Waals surface area contributed by atoms with E-state index in [0.29, 0.717) is 6.42 Å². The van der Waals surface area contributed by atoms with Gasteiger partial charge in [-0.05, 0) is 19.3 Å². The van der Waals surface area contributed by atoms with E-state index in [1.54, 1.807) is 6.08 Å². The fourth-order valence-electron chi connectivity index (χ4n) is 1.50. The zero-order chi connectivity index (χ0) is 9.68. The number of carbonyl (C=O) groups excluding carboxylic acids is 1. The molecule has 13 heavy (non-hydrogen) atoms. The van der Waals surface area contributed by atoms with Crippen LogP contribution in [-0.2, 0) is 4.79 Å². The predicted molar refractivity (Wildman–Crippen MR) is 54.4 cm³/mol. The van der Waals surface area contributed by atoms with Gasteiger partial charge in [-0.25, -0.2) is 0 Å². The van der Waals surface area contributed by atoms with Gasteiger partial charge in [0.1, 0.15) is 0 Å². The van der Waals surface area contributed by atoms with Gasteiger partial charge in [0.15, 0.2) is 5.78 Å². The van der Waals surface area contributed by atoms with Gasteiger partial charge >= 0.3 is 0 Å². The number of ketones is 1. The van der Waals surface area contributed by atoms with E-state index in [0.717, 1.165) is 25.8 Å². The van der Waals surface area contributed by atoms with E-state index in [4.69, 9.17) is 0 Å². The third-order valence-corrected chi connectivity index (χ3v) is 2.35. The van der Waals surface area contributed by atoms with Crippen LogP contribution in [0.3, 0.4) is 0 Å². The molecule has 0 amide bonds. The van der Waals surface area contributed by atoms with Crippen molar-refractivity contribution in [2.45, 2.75) is 25.7 Å². The highest BCUT2D eigenvalue weighted by atomic mass is 16.1. The SMILES string of the molecule is C=CCCCN(C)C1=CC(=O)CC1. The lowest BCUT2D eigenvalue weighted by Crippen LogP contribution is -2.17. The van der Waals surface area contributed by atoms with Crippen molar-refractivity contribution in [3.8, 4) is 0 Å². The van der Waals surface area contributed by atoms with Crippen LogP contribution in [0.2, 0.25) is 0 Å². The van der Waals surface area contributed by atoms with Crippen LogP contribution in [0.25, 0.3) is 0 Å². The lowest BCUT2D eigenvalue weighted by Gasteiger charge is -2.19. The normalized spacial score (nSPS) is 15.8. The highest BCUT2D eigenvalue weighted by Crippen LogP contribution is 2.17. The van der Waals surface area contributed by atoms with E-state index in [9.17, 15) is 4.79 Å². The minimum absolute atomic E-state index is 0.269. The largest absolute Gasteiger partial charge is 0.378 e. The molecule has 0 aromatic carbocycles. The van der Waals surface area contributed by atoms with Crippen LogP contribution in [0, 0.1) is 0 Å². The number of rotatable bonds is 5. The maximum absolute atomic E-state index is 11.0. The molecule has 0 atom stereocenters. The number of allylic oxidation sites excluding steroid dienone is 3. The van der Waals surface area contributed by atoms with Crippen LogP contribution < -0.4 is 0 Å². The number of carbonyl (C=O) groups is 1. The van der Waals surface area contributed by atoms with Crippen LogP contribution >= 0.6 is 0 Å². The predicted octanol–water partition coefficient (Wildman–Crippen LogP) is 2.13. The molecule has 0 spiro atoms. The van der Waals surface area contributed by atoms with Gasteiger partial charge in [0, 0.05) is 31.8 Å². The Balaban J connectivity index is 2.30. The smallest absolute Gasteiger partial charge is 0.157 e. The minimum atomic E-state index is 0.269. The van der Waals surface area contributed by atoms with E-state index in [1.807, 2.05) is 13.1 Å². The van der Waals surface area contributed by atoms with Crippen molar-refractivity contribution in [1.82, 2.24) is 4.90 Å². The van der Waals surface area contributed by atoms with Gasteiger partial charge in [-0.15, -0.1) is 6.58 Å². The summed E-state index contributed by atoms with van der Waals surface area (Å²) < 4.78 is 0. The number of nitrogens with zero attached hydrogens (tertiary/aromatic N) is 1. The lowest BCUT2D eigenvalue weighted by molar-refractivity contribution is -0.114. The number of hydrogen-bond donors (Lipinski definition) is 0. The Morgan fingerprint density at radius 2 is 2.38 bits per heavy atom. The van der Waals surface area contributed by atoms with Gasteiger partial charge in [0.25, 0.3) is 0 Å². The van der Waals surface area contributed by atoms with E-state index < -0.39 is 0 Å². The highest BCUT2D eigenvalue weighted by molar-refractivity contribution is 5.92. The second kappa shape index (κ2) is 4.85. The topological polar surface area (TPSA) is 20.3 Å². The third kappa shape index (κ3) is 3.05. The van der Waals surface area contributed by atoms with Gasteiger partial charge in [0.05, 0.1) is 0 Å². The zero-order valence-electron chi connectivity index (χ0n) is 8.25. The first kappa shape index (κ1) is 10.0. The molecule has 72 valence electrons. The van der Waals surface area contributed by atoms with E-state index in [-0.39, 0.29) is 5.78 Å². The van der Waals surface area contributed by atoms with Crippen molar-refractivity contribution in [3.63, 3.8) is 0 Å². The molecule has 0 radical (unpaired) electrons. The Hall–Kier alpha value is -1.05. The molecule has 1 aliphatic carbocycles. The Morgan fingerprint density at radius 1 is 1.62 bits per heavy atom. The maximum Gasteiger partial charge on any atom is 0.157 e. The Kier molecular flexibility index (Phi) is 3.74. The Morgan fingerprint density at radius 3 is 2.92 bits per heavy atom. The first-order valence-electron chi connectivity index (χ1n) is 4.79. The second-order valence-electron chi connectivity index (χ2n) is 3.45. The summed E-state index contributed by atoms with van der Waals surface area (Å²) in [4.78, 5) is 13.1. The minimum Gasteiger partial charge on any atom is -0.378 e. The van der Waals surface area contributed by atoms with Crippen molar-refractivity contribution in [2.24, 2.45) is 0 Å². The van der Waals surface area contributed by atoms with Gasteiger partial charge in [-0.3, -0.25) is 4.79 Å². The Bertz CT molecular complexity index is 230. The van der Waals surface area contributed by atoms with E-state index >= 15 is 0 Å². The van der Waals surface area contributed by atoms with Crippen LogP contribution in [0.4, 0.5) is 0 Å². The van der Waals surface area contributed by atoms with Crippen molar-refractivity contribution in [3.05, 3.63) is 24.4 Å². The second-order valence-corrected chi connectivity index (χ2v) is 3.45. The summed E-state index contributed by atoms with van der Waals surface area (Å²) in [6, 6.07) is 0. The molecule has 0 fully saturated rings. The maximum atomic E-state index is 11.0. The Labute approximate surface area is 79.9 Å². The van der Waals surface area contributed by atoms with E-state index in [1.165, 1.54) is 5.70 Å². The number of hydrogen-bond acceptors (Lipinski definition) is 2. The van der Waals surface area contributed by atoms with Crippen molar-refractivity contribution < 1.29 is 4.79 Å². The third-order valence-electron chi connectivity index (χ3n) is 2.35. The van der Waals surface area contributed by atoms with Gasteiger partial charge in [0.2, 0.25) is 0 Å². The standard InChI is InChI=1S/C11H17NO/c1-3-4-5-8-12(2)10-6-7-11(13)9-10/h3,9H,1,4-8H2,2H3. The molecule has 2 heteroatoms. The fourth-order valence-corrected chi connectivity index (χ4v) is 1.50. The summed E-state index contributed by atoms with van der Waals surface area (Å²) in [5, 5.41) is 0. The molecule has 0 saturated carbocycles. The lowest BCUT2D eigenvalue weighted by atomic mass is 10.2. The molecule has 0 aromatic rings. The summed E-state index contributed by atoms with van der Waals surface area (Å²) in [7, 11) is 2.05. The average Bonchev–Trinajstić information content (AvgIpc) is 2.52. The summed E-state index contributed by atoms with van der Waals surface area (Å²) >= 11 is 0. The quantitative estimate of drug-likeness (QED) is 0.476. The van der Waals surface area contributed by atoms with Gasteiger partial charge < -0.3 is 4.90 Å². The van der Waals surface area contributed by atoms with Crippen LogP contribution in [0.15, 0.2) is 24.4 Å². The molecular weight excluding hydrogens is 162 g/mol. The molecular formula is C11H17NO. The first-order chi connectivity index (χ1) is 6.24. The molecule has 2 nitrogen and oxygen atoms in total.